The monoisotopic (exact) mass is 608 g/mol. The molecule has 3 amide bonds. The molecule has 0 saturated heterocycles. The number of phenolic OH excluding ortho intramolecular Hbond substituents is 1. The minimum absolute atomic E-state index is 0.0657. The molecular formula is C35H36N4O4S. The molecule has 9 heteroatoms. The van der Waals surface area contributed by atoms with E-state index in [1.807, 2.05) is 60.7 Å². The fraction of sp³-hybridized carbons (Fsp3) is 0.257. The number of hydrogen-bond donors (Lipinski definition) is 3. The third kappa shape index (κ3) is 8.48. The van der Waals surface area contributed by atoms with Gasteiger partial charge in [-0.2, -0.15) is 0 Å². The second-order valence-electron chi connectivity index (χ2n) is 10.7. The molecule has 0 unspecified atom stereocenters. The number of nitrogens with one attached hydrogen (secondary N) is 2. The molecule has 2 heterocycles. The molecule has 1 aliphatic heterocycles. The third-order valence-electron chi connectivity index (χ3n) is 7.47. The van der Waals surface area contributed by atoms with Crippen LogP contribution in [-0.2, 0) is 17.0 Å². The Morgan fingerprint density at radius 2 is 1.66 bits per heavy atom. The van der Waals surface area contributed by atoms with E-state index in [4.69, 9.17) is 0 Å². The van der Waals surface area contributed by atoms with Crippen LogP contribution in [0.2, 0.25) is 0 Å². The van der Waals surface area contributed by atoms with Gasteiger partial charge in [-0.15, -0.1) is 11.8 Å². The van der Waals surface area contributed by atoms with Crippen LogP contribution >= 0.6 is 11.8 Å². The number of amides is 3. The number of rotatable bonds is 4. The average molecular weight is 609 g/mol. The first-order chi connectivity index (χ1) is 21.5. The van der Waals surface area contributed by atoms with Gasteiger partial charge >= 0.3 is 0 Å². The van der Waals surface area contributed by atoms with Gasteiger partial charge in [0.15, 0.2) is 0 Å². The van der Waals surface area contributed by atoms with Gasteiger partial charge in [0.1, 0.15) is 5.75 Å². The molecular weight excluding hydrogens is 572 g/mol. The molecule has 3 N–H and O–H groups in total. The number of thioether (sulfide) groups is 1. The van der Waals surface area contributed by atoms with E-state index < -0.39 is 0 Å². The van der Waals surface area contributed by atoms with Gasteiger partial charge in [-0.25, -0.2) is 4.98 Å². The van der Waals surface area contributed by atoms with Crippen LogP contribution < -0.4 is 10.6 Å². The van der Waals surface area contributed by atoms with Crippen LogP contribution in [0.5, 0.6) is 5.75 Å². The number of aromatic nitrogens is 1. The molecule has 0 aliphatic carbocycles. The van der Waals surface area contributed by atoms with Crippen LogP contribution in [0.1, 0.15) is 51.1 Å². The lowest BCUT2D eigenvalue weighted by Gasteiger charge is -2.23. The maximum Gasteiger partial charge on any atom is 0.253 e. The fourth-order valence-electron chi connectivity index (χ4n) is 5.07. The van der Waals surface area contributed by atoms with Gasteiger partial charge in [0, 0.05) is 61.2 Å². The van der Waals surface area contributed by atoms with Crippen molar-refractivity contribution in [3.63, 3.8) is 0 Å². The summed E-state index contributed by atoms with van der Waals surface area (Å²) in [6.07, 6.45) is 3.76. The second-order valence-corrected chi connectivity index (χ2v) is 11.7. The Labute approximate surface area is 261 Å². The first-order valence-corrected chi connectivity index (χ1v) is 15.8. The largest absolute Gasteiger partial charge is 0.507 e. The van der Waals surface area contributed by atoms with E-state index >= 15 is 0 Å². The maximum atomic E-state index is 13.5. The first kappa shape index (κ1) is 30.8. The molecule has 0 saturated carbocycles. The average Bonchev–Trinajstić information content (AvgIpc) is 3.05. The van der Waals surface area contributed by atoms with E-state index in [2.05, 4.69) is 15.6 Å². The predicted octanol–water partition coefficient (Wildman–Crippen LogP) is 5.46. The van der Waals surface area contributed by atoms with Gasteiger partial charge in [-0.05, 0) is 84.5 Å². The zero-order chi connectivity index (χ0) is 30.7. The molecule has 0 fully saturated rings. The van der Waals surface area contributed by atoms with Crippen molar-refractivity contribution < 1.29 is 19.5 Å². The van der Waals surface area contributed by atoms with Crippen molar-refractivity contribution in [3.8, 4) is 16.9 Å². The third-order valence-corrected chi connectivity index (χ3v) is 8.48. The summed E-state index contributed by atoms with van der Waals surface area (Å²) < 4.78 is 0. The Balaban J connectivity index is 1.26. The van der Waals surface area contributed by atoms with Gasteiger partial charge in [-0.1, -0.05) is 36.4 Å². The highest BCUT2D eigenvalue weighted by molar-refractivity contribution is 7.98. The summed E-state index contributed by atoms with van der Waals surface area (Å²) in [6, 6.07) is 26.0. The molecule has 0 spiro atoms. The first-order valence-electron chi connectivity index (χ1n) is 14.9. The number of carbonyl (C=O) groups excluding carboxylic acids is 3. The van der Waals surface area contributed by atoms with Crippen molar-refractivity contribution in [3.05, 3.63) is 113 Å². The topological polar surface area (TPSA) is 112 Å². The molecule has 1 aliphatic rings. The normalized spacial score (nSPS) is 14.9. The van der Waals surface area contributed by atoms with Gasteiger partial charge in [0.25, 0.3) is 11.8 Å². The maximum absolute atomic E-state index is 13.5. The van der Waals surface area contributed by atoms with E-state index in [1.54, 1.807) is 47.1 Å². The van der Waals surface area contributed by atoms with E-state index in [-0.39, 0.29) is 23.5 Å². The Morgan fingerprint density at radius 3 is 2.48 bits per heavy atom. The van der Waals surface area contributed by atoms with E-state index in [0.29, 0.717) is 68.6 Å². The van der Waals surface area contributed by atoms with Crippen LogP contribution in [0.15, 0.2) is 96.2 Å². The molecule has 1 aromatic heterocycles. The highest BCUT2D eigenvalue weighted by Gasteiger charge is 2.17. The Morgan fingerprint density at radius 1 is 0.841 bits per heavy atom. The fourth-order valence-corrected chi connectivity index (χ4v) is 5.88. The number of phenols is 1. The standard InChI is InChI=1S/C35H36N4O4S/c40-31-15-12-25-16-19-36-32(41)8-4-20-39(21-5-18-38-34(42)29-7-3-6-28(23-29)30(31)22-25)35(43)27-13-10-26(11-14-27)24-44-33-9-1-2-17-37-33/h1-3,6-7,9-15,17,22-23,40H,4-5,8,16,18-21,24H2,(H,36,41)(H,38,42). The Hall–Kier alpha value is -4.63. The molecule has 0 atom stereocenters. The van der Waals surface area contributed by atoms with Crippen LogP contribution in [0.25, 0.3) is 11.1 Å². The minimum Gasteiger partial charge on any atom is -0.507 e. The number of carbonyl (C=O) groups is 3. The van der Waals surface area contributed by atoms with Crippen molar-refractivity contribution in [2.24, 2.45) is 0 Å². The summed E-state index contributed by atoms with van der Waals surface area (Å²) in [5.41, 5.74) is 4.51. The summed E-state index contributed by atoms with van der Waals surface area (Å²) in [5.74, 6) is 0.498. The minimum atomic E-state index is -0.216. The summed E-state index contributed by atoms with van der Waals surface area (Å²) in [4.78, 5) is 45.2. The molecule has 226 valence electrons. The molecule has 3 aromatic carbocycles. The van der Waals surface area contributed by atoms with E-state index in [0.717, 1.165) is 27.5 Å². The molecule has 4 aromatic rings. The molecule has 5 rings (SSSR count). The zero-order valence-corrected chi connectivity index (χ0v) is 25.3. The molecule has 0 radical (unpaired) electrons. The summed E-state index contributed by atoms with van der Waals surface area (Å²) >= 11 is 1.64. The smallest absolute Gasteiger partial charge is 0.253 e. The second kappa shape index (κ2) is 15.2. The van der Waals surface area contributed by atoms with Crippen molar-refractivity contribution in [2.45, 2.75) is 36.5 Å². The van der Waals surface area contributed by atoms with Crippen LogP contribution in [0.3, 0.4) is 0 Å². The lowest BCUT2D eigenvalue weighted by molar-refractivity contribution is -0.121. The number of pyridine rings is 1. The van der Waals surface area contributed by atoms with Crippen LogP contribution in [0.4, 0.5) is 0 Å². The summed E-state index contributed by atoms with van der Waals surface area (Å²) in [6.45, 7) is 1.72. The highest BCUT2D eigenvalue weighted by Crippen LogP contribution is 2.31. The lowest BCUT2D eigenvalue weighted by atomic mass is 9.98. The van der Waals surface area contributed by atoms with Crippen molar-refractivity contribution in [1.29, 1.82) is 0 Å². The molecule has 44 heavy (non-hydrogen) atoms. The van der Waals surface area contributed by atoms with Gasteiger partial charge in [0.2, 0.25) is 5.91 Å². The number of hydrogen-bond acceptors (Lipinski definition) is 6. The summed E-state index contributed by atoms with van der Waals surface area (Å²) in [5, 5.41) is 17.4. The van der Waals surface area contributed by atoms with Gasteiger partial charge < -0.3 is 20.6 Å². The van der Waals surface area contributed by atoms with Crippen molar-refractivity contribution >= 4 is 29.5 Å². The van der Waals surface area contributed by atoms with Crippen molar-refractivity contribution in [1.82, 2.24) is 20.5 Å². The van der Waals surface area contributed by atoms with Gasteiger partial charge in [0.05, 0.1) is 5.03 Å². The number of fused-ring (bicyclic) bond motifs is 5. The zero-order valence-electron chi connectivity index (χ0n) is 24.5. The van der Waals surface area contributed by atoms with E-state index in [1.165, 1.54) is 0 Å². The highest BCUT2D eigenvalue weighted by atomic mass is 32.2. The van der Waals surface area contributed by atoms with Crippen LogP contribution in [0, 0.1) is 0 Å². The van der Waals surface area contributed by atoms with E-state index in [9.17, 15) is 19.5 Å². The summed E-state index contributed by atoms with van der Waals surface area (Å²) in [7, 11) is 0. The quantitative estimate of drug-likeness (QED) is 0.265. The molecule has 8 nitrogen and oxygen atoms in total. The molecule has 4 bridgehead atoms. The SMILES string of the molecule is O=C1CCCN(C(=O)c2ccc(CSc3ccccn3)cc2)CCCNC(=O)c2cccc(c2)-c2cc(ccc2O)CCN1. The Kier molecular flexibility index (Phi) is 10.6. The lowest BCUT2D eigenvalue weighted by Crippen LogP contribution is -2.36. The number of aromatic hydroxyl groups is 1. The number of nitrogens with zero attached hydrogens (tertiary/aromatic N) is 2. The van der Waals surface area contributed by atoms with Crippen molar-refractivity contribution in [2.75, 3.05) is 26.2 Å². The Bertz CT molecular complexity index is 1590. The number of benzene rings is 3. The van der Waals surface area contributed by atoms with Crippen LogP contribution in [-0.4, -0.2) is 58.9 Å². The van der Waals surface area contributed by atoms with Gasteiger partial charge in [-0.3, -0.25) is 14.4 Å². The predicted molar refractivity (Wildman–Crippen MR) is 173 cm³/mol.